The molecule has 2 aromatic carbocycles. The van der Waals surface area contributed by atoms with Crippen LogP contribution in [-0.4, -0.2) is 67.9 Å². The topological polar surface area (TPSA) is 118 Å². The van der Waals surface area contributed by atoms with E-state index in [0.29, 0.717) is 11.1 Å². The first-order chi connectivity index (χ1) is 22.5. The Labute approximate surface area is 281 Å². The first-order valence-corrected chi connectivity index (χ1v) is 17.0. The Hall–Kier alpha value is -3.27. The third-order valence-electron chi connectivity index (χ3n) is 9.42. The second-order valence-electron chi connectivity index (χ2n) is 12.5. The van der Waals surface area contributed by atoms with E-state index in [-0.39, 0.29) is 49.2 Å². The van der Waals surface area contributed by atoms with Crippen LogP contribution >= 0.6 is 0 Å². The van der Waals surface area contributed by atoms with Crippen molar-refractivity contribution < 1.29 is 43.2 Å². The molecule has 0 aromatic heterocycles. The van der Waals surface area contributed by atoms with Gasteiger partial charge in [0.2, 0.25) is 0 Å². The molecule has 3 heterocycles. The summed E-state index contributed by atoms with van der Waals surface area (Å²) in [6.45, 7) is 17.9. The maximum Gasteiger partial charge on any atom is 0.338 e. The van der Waals surface area contributed by atoms with E-state index in [1.165, 1.54) is 12.8 Å². The molecule has 1 N–H and O–H groups in total. The number of hydrogen-bond donors (Lipinski definition) is 1. The molecule has 7 atom stereocenters. The lowest BCUT2D eigenvalue weighted by molar-refractivity contribution is -0.149. The minimum Gasteiger partial charge on any atom is -0.462 e. The average Bonchev–Trinajstić information content (AvgIpc) is 3.82. The highest BCUT2D eigenvalue weighted by Crippen LogP contribution is 2.44. The Morgan fingerprint density at radius 1 is 0.787 bits per heavy atom. The largest absolute Gasteiger partial charge is 0.462 e. The van der Waals surface area contributed by atoms with Crippen LogP contribution in [0.3, 0.4) is 0 Å². The Balaban J connectivity index is 0.000000271. The predicted molar refractivity (Wildman–Crippen MR) is 181 cm³/mol. The van der Waals surface area contributed by atoms with Crippen molar-refractivity contribution in [2.45, 2.75) is 99.6 Å². The lowest BCUT2D eigenvalue weighted by Crippen LogP contribution is -2.38. The maximum absolute atomic E-state index is 12.0. The molecule has 9 nitrogen and oxygen atoms in total. The second-order valence-corrected chi connectivity index (χ2v) is 12.5. The van der Waals surface area contributed by atoms with Gasteiger partial charge in [-0.25, -0.2) is 9.59 Å². The summed E-state index contributed by atoms with van der Waals surface area (Å²) in [5.74, 6) is -0.898. The summed E-state index contributed by atoms with van der Waals surface area (Å²) < 4.78 is 26.5. The van der Waals surface area contributed by atoms with Gasteiger partial charge >= 0.3 is 17.9 Å². The number of cyclic esters (lactones) is 1. The van der Waals surface area contributed by atoms with Gasteiger partial charge in [0.05, 0.1) is 22.6 Å². The molecule has 1 unspecified atom stereocenters. The molecule has 3 saturated heterocycles. The highest BCUT2D eigenvalue weighted by atomic mass is 16.6. The van der Waals surface area contributed by atoms with Gasteiger partial charge in [-0.05, 0) is 62.8 Å². The second kappa shape index (κ2) is 19.5. The lowest BCUT2D eigenvalue weighted by atomic mass is 9.77. The molecule has 47 heavy (non-hydrogen) atoms. The van der Waals surface area contributed by atoms with E-state index < -0.39 is 23.1 Å². The molecule has 3 aliphatic heterocycles. The summed E-state index contributed by atoms with van der Waals surface area (Å²) in [6, 6.07) is 17.6. The third-order valence-corrected chi connectivity index (χ3v) is 9.42. The van der Waals surface area contributed by atoms with E-state index in [9.17, 15) is 19.5 Å². The van der Waals surface area contributed by atoms with Crippen LogP contribution in [0.2, 0.25) is 0 Å². The van der Waals surface area contributed by atoms with Crippen molar-refractivity contribution in [3.63, 3.8) is 0 Å². The van der Waals surface area contributed by atoms with E-state index in [4.69, 9.17) is 23.7 Å². The summed E-state index contributed by atoms with van der Waals surface area (Å²) in [7, 11) is 0. The van der Waals surface area contributed by atoms with Crippen LogP contribution in [0.1, 0.15) is 102 Å². The van der Waals surface area contributed by atoms with Crippen LogP contribution in [-0.2, 0) is 28.5 Å². The maximum atomic E-state index is 12.0. The molecule has 9 heteroatoms. The van der Waals surface area contributed by atoms with Crippen LogP contribution in [0, 0.1) is 22.7 Å². The lowest BCUT2D eigenvalue weighted by Gasteiger charge is -2.30. The monoisotopic (exact) mass is 656 g/mol. The number of aliphatic hydroxyl groups is 1. The van der Waals surface area contributed by atoms with E-state index in [1.54, 1.807) is 55.5 Å². The van der Waals surface area contributed by atoms with Crippen molar-refractivity contribution in [3.05, 3.63) is 71.8 Å². The number of carbonyl (C=O) groups excluding carboxylic acids is 3. The van der Waals surface area contributed by atoms with Crippen molar-refractivity contribution in [1.82, 2.24) is 0 Å². The summed E-state index contributed by atoms with van der Waals surface area (Å²) in [5.41, 5.74) is -0.317. The van der Waals surface area contributed by atoms with E-state index in [2.05, 4.69) is 0 Å². The van der Waals surface area contributed by atoms with E-state index in [1.807, 2.05) is 60.6 Å². The molecule has 2 aromatic rings. The van der Waals surface area contributed by atoms with Crippen LogP contribution < -0.4 is 0 Å². The molecule has 0 amide bonds. The fourth-order valence-electron chi connectivity index (χ4n) is 5.60. The van der Waals surface area contributed by atoms with Crippen molar-refractivity contribution in [3.8, 4) is 0 Å². The zero-order valence-electron chi connectivity index (χ0n) is 29.5. The standard InChI is InChI=1S/C16H22O4.C16H20O4.C4H8O.C2H6/c2*1-4-13-11(2)16(3,15(18)20-13)10-19-14(17)12-8-6-5-7-9-12;1-2-4-5-3-1;1-2/h5-9,11,13,15,18H,4,10H2,1-3H3;5-9,11,13H,4,10H2,1-3H3;1-4H2;1-2H3/t11-,13-,15?,16-;11-,13-,16-;;/m11../s1. The molecule has 262 valence electrons. The van der Waals surface area contributed by atoms with Crippen LogP contribution in [0.15, 0.2) is 60.7 Å². The van der Waals surface area contributed by atoms with Crippen molar-refractivity contribution in [1.29, 1.82) is 0 Å². The number of hydrogen-bond acceptors (Lipinski definition) is 9. The van der Waals surface area contributed by atoms with Crippen molar-refractivity contribution in [2.75, 3.05) is 26.4 Å². The van der Waals surface area contributed by atoms with Gasteiger partial charge in [-0.15, -0.1) is 0 Å². The Morgan fingerprint density at radius 3 is 1.64 bits per heavy atom. The number of carbonyl (C=O) groups is 3. The quantitative estimate of drug-likeness (QED) is 0.231. The first-order valence-electron chi connectivity index (χ1n) is 17.0. The van der Waals surface area contributed by atoms with Gasteiger partial charge in [0.25, 0.3) is 0 Å². The Bertz CT molecular complexity index is 1210. The summed E-state index contributed by atoms with van der Waals surface area (Å²) in [6.07, 6.45) is 3.18. The van der Waals surface area contributed by atoms with Crippen molar-refractivity contribution in [2.24, 2.45) is 22.7 Å². The third kappa shape index (κ3) is 10.6. The van der Waals surface area contributed by atoms with Crippen molar-refractivity contribution >= 4 is 17.9 Å². The van der Waals surface area contributed by atoms with Gasteiger partial charge in [0.1, 0.15) is 24.7 Å². The van der Waals surface area contributed by atoms with Gasteiger partial charge in [-0.3, -0.25) is 4.79 Å². The molecule has 0 saturated carbocycles. The highest BCUT2D eigenvalue weighted by molar-refractivity contribution is 5.90. The number of benzene rings is 2. The SMILES string of the molecule is C1CCOC1.CC.CC[C@H]1OC(=O)[C@](C)(COC(=O)c2ccccc2)[C@@H]1C.CC[C@H]1OC(O)[C@](C)(COC(=O)c2ccccc2)[C@@H]1C. The van der Waals surface area contributed by atoms with Gasteiger partial charge in [0.15, 0.2) is 6.29 Å². The number of rotatable bonds is 8. The predicted octanol–water partition coefficient (Wildman–Crippen LogP) is 7.26. The molecular formula is C38H56O9. The van der Waals surface area contributed by atoms with Gasteiger partial charge < -0.3 is 28.8 Å². The van der Waals surface area contributed by atoms with Gasteiger partial charge in [-0.2, -0.15) is 0 Å². The molecule has 0 aliphatic carbocycles. The molecule has 3 fully saturated rings. The molecular weight excluding hydrogens is 600 g/mol. The van der Waals surface area contributed by atoms with Crippen LogP contribution in [0.4, 0.5) is 0 Å². The Morgan fingerprint density at radius 2 is 1.26 bits per heavy atom. The number of esters is 3. The molecule has 3 aliphatic rings. The highest BCUT2D eigenvalue weighted by Gasteiger charge is 2.52. The van der Waals surface area contributed by atoms with Crippen LogP contribution in [0.25, 0.3) is 0 Å². The molecule has 0 radical (unpaired) electrons. The summed E-state index contributed by atoms with van der Waals surface area (Å²) in [5, 5.41) is 10.1. The van der Waals surface area contributed by atoms with E-state index in [0.717, 1.165) is 26.1 Å². The summed E-state index contributed by atoms with van der Waals surface area (Å²) >= 11 is 0. The zero-order valence-corrected chi connectivity index (χ0v) is 29.5. The number of ether oxygens (including phenoxy) is 5. The smallest absolute Gasteiger partial charge is 0.338 e. The molecule has 0 bridgehead atoms. The Kier molecular flexibility index (Phi) is 16.6. The fourth-order valence-corrected chi connectivity index (χ4v) is 5.60. The average molecular weight is 657 g/mol. The zero-order chi connectivity index (χ0) is 35.0. The fraction of sp³-hybridized carbons (Fsp3) is 0.605. The minimum absolute atomic E-state index is 0.00503. The van der Waals surface area contributed by atoms with Gasteiger partial charge in [0, 0.05) is 19.1 Å². The van der Waals surface area contributed by atoms with E-state index >= 15 is 0 Å². The van der Waals surface area contributed by atoms with Crippen LogP contribution in [0.5, 0.6) is 0 Å². The normalized spacial score (nSPS) is 29.1. The molecule has 5 rings (SSSR count). The summed E-state index contributed by atoms with van der Waals surface area (Å²) in [4.78, 5) is 35.9. The molecule has 0 spiro atoms. The first kappa shape index (κ1) is 39.9. The number of aliphatic hydroxyl groups excluding tert-OH is 1. The minimum atomic E-state index is -0.897. The van der Waals surface area contributed by atoms with Gasteiger partial charge in [-0.1, -0.05) is 84.9 Å².